The highest BCUT2D eigenvalue weighted by molar-refractivity contribution is 5.79. The Kier molecular flexibility index (Phi) is 4.33. The molecule has 0 saturated carbocycles. The van der Waals surface area contributed by atoms with Crippen molar-refractivity contribution < 1.29 is 9.53 Å². The monoisotopic (exact) mass is 246 g/mol. The Morgan fingerprint density at radius 2 is 2.17 bits per heavy atom. The average molecular weight is 246 g/mol. The zero-order valence-corrected chi connectivity index (χ0v) is 11.2. The molecule has 1 N–H and O–H groups in total. The minimum absolute atomic E-state index is 0.141. The molecule has 4 nitrogen and oxygen atoms in total. The third-order valence-corrected chi connectivity index (χ3v) is 2.72. The van der Waals surface area contributed by atoms with Gasteiger partial charge in [-0.1, -0.05) is 17.7 Å². The lowest BCUT2D eigenvalue weighted by atomic mass is 9.91. The second kappa shape index (κ2) is 5.54. The first-order valence-electron chi connectivity index (χ1n) is 5.74. The number of nitrogens with one attached hydrogen (secondary N) is 1. The van der Waals surface area contributed by atoms with Crippen LogP contribution in [0, 0.1) is 18.3 Å². The van der Waals surface area contributed by atoms with E-state index in [1.54, 1.807) is 7.11 Å². The maximum Gasteiger partial charge on any atom is 0.234 e. The van der Waals surface area contributed by atoms with Gasteiger partial charge in [-0.3, -0.25) is 4.79 Å². The van der Waals surface area contributed by atoms with Crippen molar-refractivity contribution in [2.45, 2.75) is 32.7 Å². The van der Waals surface area contributed by atoms with Gasteiger partial charge in [0, 0.05) is 5.56 Å². The van der Waals surface area contributed by atoms with Crippen molar-refractivity contribution in [2.75, 3.05) is 7.11 Å². The maximum atomic E-state index is 11.5. The summed E-state index contributed by atoms with van der Waals surface area (Å²) in [6, 6.07) is 7.65. The number of aryl methyl sites for hydroxylation is 1. The molecule has 4 heteroatoms. The molecule has 0 spiro atoms. The Morgan fingerprint density at radius 1 is 1.50 bits per heavy atom. The summed E-state index contributed by atoms with van der Waals surface area (Å²) in [7, 11) is 1.60. The summed E-state index contributed by atoms with van der Waals surface area (Å²) in [6.45, 7) is 5.76. The average Bonchev–Trinajstić information content (AvgIpc) is 2.28. The molecule has 0 radical (unpaired) electrons. The number of hydrogen-bond donors (Lipinski definition) is 1. The van der Waals surface area contributed by atoms with Crippen LogP contribution in [-0.4, -0.2) is 13.0 Å². The molecule has 0 heterocycles. The number of carbonyl (C=O) groups excluding carboxylic acids is 1. The van der Waals surface area contributed by atoms with E-state index >= 15 is 0 Å². The number of ether oxygens (including phenoxy) is 1. The number of hydrogen-bond acceptors (Lipinski definition) is 3. The van der Waals surface area contributed by atoms with E-state index < -0.39 is 5.54 Å². The lowest BCUT2D eigenvalue weighted by Gasteiger charge is -2.28. The van der Waals surface area contributed by atoms with Crippen molar-refractivity contribution in [3.8, 4) is 11.8 Å². The standard InChI is InChI=1S/C14H18N2O2/c1-10-5-6-12(18-4)11(9-10)14(2,3)16-13(17)7-8-15/h5-6,9H,7H2,1-4H3,(H,16,17). The van der Waals surface area contributed by atoms with Gasteiger partial charge in [-0.25, -0.2) is 0 Å². The molecular formula is C14H18N2O2. The Balaban J connectivity index is 3.07. The minimum atomic E-state index is -0.578. The van der Waals surface area contributed by atoms with Gasteiger partial charge >= 0.3 is 0 Å². The van der Waals surface area contributed by atoms with E-state index in [-0.39, 0.29) is 12.3 Å². The van der Waals surface area contributed by atoms with Crippen molar-refractivity contribution in [1.29, 1.82) is 5.26 Å². The predicted octanol–water partition coefficient (Wildman–Crippen LogP) is 2.27. The number of rotatable bonds is 4. The van der Waals surface area contributed by atoms with Gasteiger partial charge in [-0.15, -0.1) is 0 Å². The number of methoxy groups -OCH3 is 1. The fraction of sp³-hybridized carbons (Fsp3) is 0.429. The number of benzene rings is 1. The Bertz CT molecular complexity index is 487. The molecule has 0 aromatic heterocycles. The first kappa shape index (κ1) is 14.0. The summed E-state index contributed by atoms with van der Waals surface area (Å²) in [5.74, 6) is 0.439. The van der Waals surface area contributed by atoms with Crippen LogP contribution in [0.3, 0.4) is 0 Å². The Hall–Kier alpha value is -2.02. The molecule has 0 aliphatic rings. The molecule has 0 aliphatic carbocycles. The lowest BCUT2D eigenvalue weighted by molar-refractivity contribution is -0.121. The van der Waals surface area contributed by atoms with Crippen LogP contribution in [0.2, 0.25) is 0 Å². The molecule has 0 saturated heterocycles. The fourth-order valence-electron chi connectivity index (χ4n) is 1.84. The summed E-state index contributed by atoms with van der Waals surface area (Å²) in [6.07, 6.45) is -0.141. The Morgan fingerprint density at radius 3 is 2.72 bits per heavy atom. The van der Waals surface area contributed by atoms with Crippen molar-refractivity contribution >= 4 is 5.91 Å². The van der Waals surface area contributed by atoms with Crippen molar-refractivity contribution in [2.24, 2.45) is 0 Å². The van der Waals surface area contributed by atoms with Crippen LogP contribution >= 0.6 is 0 Å². The summed E-state index contributed by atoms with van der Waals surface area (Å²) >= 11 is 0. The molecular weight excluding hydrogens is 228 g/mol. The van der Waals surface area contributed by atoms with Gasteiger partial charge < -0.3 is 10.1 Å². The minimum Gasteiger partial charge on any atom is -0.496 e. The molecule has 0 unspecified atom stereocenters. The first-order valence-corrected chi connectivity index (χ1v) is 5.74. The van der Waals surface area contributed by atoms with Gasteiger partial charge in [0.1, 0.15) is 12.2 Å². The van der Waals surface area contributed by atoms with Crippen LogP contribution in [0.5, 0.6) is 5.75 Å². The van der Waals surface area contributed by atoms with Crippen LogP contribution in [0.4, 0.5) is 0 Å². The van der Waals surface area contributed by atoms with E-state index in [1.165, 1.54) is 0 Å². The van der Waals surface area contributed by atoms with Gasteiger partial charge in [0.15, 0.2) is 0 Å². The highest BCUT2D eigenvalue weighted by atomic mass is 16.5. The smallest absolute Gasteiger partial charge is 0.234 e. The molecule has 96 valence electrons. The third kappa shape index (κ3) is 3.24. The summed E-state index contributed by atoms with van der Waals surface area (Å²) in [5, 5.41) is 11.3. The van der Waals surface area contributed by atoms with Gasteiger partial charge in [-0.05, 0) is 26.8 Å². The van der Waals surface area contributed by atoms with Gasteiger partial charge in [0.2, 0.25) is 5.91 Å². The van der Waals surface area contributed by atoms with Crippen molar-refractivity contribution in [3.63, 3.8) is 0 Å². The maximum absolute atomic E-state index is 11.5. The van der Waals surface area contributed by atoms with Crippen LogP contribution in [0.1, 0.15) is 31.4 Å². The van der Waals surface area contributed by atoms with Crippen molar-refractivity contribution in [1.82, 2.24) is 5.32 Å². The quantitative estimate of drug-likeness (QED) is 0.886. The summed E-state index contributed by atoms with van der Waals surface area (Å²) in [4.78, 5) is 11.5. The van der Waals surface area contributed by atoms with E-state index in [1.807, 2.05) is 45.0 Å². The van der Waals surface area contributed by atoms with E-state index in [9.17, 15) is 4.79 Å². The zero-order chi connectivity index (χ0) is 13.8. The zero-order valence-electron chi connectivity index (χ0n) is 11.2. The molecule has 1 amide bonds. The van der Waals surface area contributed by atoms with Crippen LogP contribution in [0.25, 0.3) is 0 Å². The molecule has 1 aromatic carbocycles. The highest BCUT2D eigenvalue weighted by Gasteiger charge is 2.26. The predicted molar refractivity (Wildman–Crippen MR) is 69.1 cm³/mol. The van der Waals surface area contributed by atoms with Gasteiger partial charge in [-0.2, -0.15) is 5.26 Å². The lowest BCUT2D eigenvalue weighted by Crippen LogP contribution is -2.41. The molecule has 0 atom stereocenters. The SMILES string of the molecule is COc1ccc(C)cc1C(C)(C)NC(=O)CC#N. The van der Waals surface area contributed by atoms with E-state index in [0.29, 0.717) is 0 Å². The molecule has 0 fully saturated rings. The number of nitrogens with zero attached hydrogens (tertiary/aromatic N) is 1. The highest BCUT2D eigenvalue weighted by Crippen LogP contribution is 2.30. The molecule has 18 heavy (non-hydrogen) atoms. The largest absolute Gasteiger partial charge is 0.496 e. The summed E-state index contributed by atoms with van der Waals surface area (Å²) in [5.41, 5.74) is 1.41. The van der Waals surface area contributed by atoms with E-state index in [2.05, 4.69) is 5.32 Å². The Labute approximate surface area is 108 Å². The fourth-order valence-corrected chi connectivity index (χ4v) is 1.84. The number of carbonyl (C=O) groups is 1. The third-order valence-electron chi connectivity index (χ3n) is 2.72. The van der Waals surface area contributed by atoms with Gasteiger partial charge in [0.05, 0.1) is 18.7 Å². The van der Waals surface area contributed by atoms with Crippen molar-refractivity contribution in [3.05, 3.63) is 29.3 Å². The number of amides is 1. The molecule has 0 aliphatic heterocycles. The second-order valence-electron chi connectivity index (χ2n) is 4.71. The molecule has 0 bridgehead atoms. The van der Waals surface area contributed by atoms with E-state index in [0.717, 1.165) is 16.9 Å². The van der Waals surface area contributed by atoms with E-state index in [4.69, 9.17) is 10.00 Å². The van der Waals surface area contributed by atoms with Crippen LogP contribution < -0.4 is 10.1 Å². The topological polar surface area (TPSA) is 62.1 Å². The summed E-state index contributed by atoms with van der Waals surface area (Å²) < 4.78 is 5.31. The second-order valence-corrected chi connectivity index (χ2v) is 4.71. The van der Waals surface area contributed by atoms with Crippen LogP contribution in [-0.2, 0) is 10.3 Å². The van der Waals surface area contributed by atoms with Crippen LogP contribution in [0.15, 0.2) is 18.2 Å². The normalized spacial score (nSPS) is 10.6. The first-order chi connectivity index (χ1) is 8.40. The van der Waals surface area contributed by atoms with Gasteiger partial charge in [0.25, 0.3) is 0 Å². The number of nitriles is 1. The molecule has 1 aromatic rings. The molecule has 1 rings (SSSR count).